The molecule has 110 valence electrons. The van der Waals surface area contributed by atoms with Crippen LogP contribution in [-0.4, -0.2) is 14.6 Å². The molecule has 0 bridgehead atoms. The predicted molar refractivity (Wildman–Crippen MR) is 81.3 cm³/mol. The van der Waals surface area contributed by atoms with E-state index in [9.17, 15) is 20.1 Å². The number of hydrogen-bond acceptors (Lipinski definition) is 5. The summed E-state index contributed by atoms with van der Waals surface area (Å²) in [5.41, 5.74) is 0.920. The van der Waals surface area contributed by atoms with E-state index in [1.165, 1.54) is 10.6 Å². The number of para-hydroxylation sites is 2. The van der Waals surface area contributed by atoms with Crippen molar-refractivity contribution in [2.75, 3.05) is 0 Å². The Morgan fingerprint density at radius 3 is 2.55 bits per heavy atom. The molecule has 0 spiro atoms. The van der Waals surface area contributed by atoms with E-state index >= 15 is 0 Å². The van der Waals surface area contributed by atoms with Gasteiger partial charge in [0.1, 0.15) is 0 Å². The van der Waals surface area contributed by atoms with Gasteiger partial charge in [-0.1, -0.05) is 36.4 Å². The van der Waals surface area contributed by atoms with E-state index in [4.69, 9.17) is 0 Å². The number of aromatic hydroxyl groups is 1. The second kappa shape index (κ2) is 5.28. The molecule has 0 aliphatic heterocycles. The van der Waals surface area contributed by atoms with Crippen LogP contribution in [0.25, 0.3) is 10.9 Å². The first-order valence-electron chi connectivity index (χ1n) is 6.49. The molecule has 22 heavy (non-hydrogen) atoms. The number of rotatable bonds is 4. The van der Waals surface area contributed by atoms with E-state index < -0.39 is 4.92 Å². The number of nitro groups is 1. The molecule has 0 radical (unpaired) electrons. The summed E-state index contributed by atoms with van der Waals surface area (Å²) in [6.45, 7) is 0.0685. The average molecular weight is 297 g/mol. The van der Waals surface area contributed by atoms with Crippen LogP contribution >= 0.6 is 0 Å². The van der Waals surface area contributed by atoms with Crippen molar-refractivity contribution in [2.24, 2.45) is 5.18 Å². The van der Waals surface area contributed by atoms with Crippen LogP contribution in [0.2, 0.25) is 0 Å². The third-order valence-corrected chi connectivity index (χ3v) is 3.53. The lowest BCUT2D eigenvalue weighted by molar-refractivity contribution is -0.385. The number of fused-ring (bicyclic) bond motifs is 1. The van der Waals surface area contributed by atoms with Crippen molar-refractivity contribution < 1.29 is 10.0 Å². The zero-order chi connectivity index (χ0) is 15.7. The number of hydrogen-bond donors (Lipinski definition) is 1. The molecule has 2 aromatic carbocycles. The van der Waals surface area contributed by atoms with Crippen molar-refractivity contribution in [3.63, 3.8) is 0 Å². The summed E-state index contributed by atoms with van der Waals surface area (Å²) < 4.78 is 1.44. The zero-order valence-corrected chi connectivity index (χ0v) is 11.3. The molecule has 0 saturated carbocycles. The van der Waals surface area contributed by atoms with E-state index in [1.807, 2.05) is 0 Å². The molecule has 0 atom stereocenters. The standard InChI is InChI=1S/C15H11N3O4/c19-15-14(16-20)11-6-2-4-8-13(11)17(15)9-10-5-1-3-7-12(10)18(21)22/h1-8,19H,9H2. The van der Waals surface area contributed by atoms with Gasteiger partial charge in [0.05, 0.1) is 17.0 Å². The highest BCUT2D eigenvalue weighted by Gasteiger charge is 2.20. The first-order chi connectivity index (χ1) is 10.6. The molecular weight excluding hydrogens is 286 g/mol. The van der Waals surface area contributed by atoms with Gasteiger partial charge in [-0.2, -0.15) is 0 Å². The minimum atomic E-state index is -0.475. The van der Waals surface area contributed by atoms with Gasteiger partial charge < -0.3 is 9.67 Å². The van der Waals surface area contributed by atoms with Crippen molar-refractivity contribution in [1.82, 2.24) is 4.57 Å². The molecule has 0 saturated heterocycles. The number of nitrogens with zero attached hydrogens (tertiary/aromatic N) is 3. The van der Waals surface area contributed by atoms with Crippen LogP contribution in [0.1, 0.15) is 5.56 Å². The molecule has 0 aliphatic rings. The molecule has 3 rings (SSSR count). The zero-order valence-electron chi connectivity index (χ0n) is 11.3. The number of benzene rings is 2. The van der Waals surface area contributed by atoms with Crippen molar-refractivity contribution in [3.05, 3.63) is 69.1 Å². The summed E-state index contributed by atoms with van der Waals surface area (Å²) >= 11 is 0. The van der Waals surface area contributed by atoms with E-state index in [2.05, 4.69) is 5.18 Å². The fourth-order valence-corrected chi connectivity index (χ4v) is 2.51. The Labute approximate surface area is 124 Å². The van der Waals surface area contributed by atoms with Gasteiger partial charge >= 0.3 is 0 Å². The highest BCUT2D eigenvalue weighted by atomic mass is 16.6. The van der Waals surface area contributed by atoms with Gasteiger partial charge in [-0.3, -0.25) is 10.1 Å². The van der Waals surface area contributed by atoms with Crippen molar-refractivity contribution in [3.8, 4) is 5.88 Å². The summed E-state index contributed by atoms with van der Waals surface area (Å²) in [5, 5.41) is 24.7. The Morgan fingerprint density at radius 1 is 1.14 bits per heavy atom. The molecule has 0 amide bonds. The second-order valence-electron chi connectivity index (χ2n) is 4.75. The van der Waals surface area contributed by atoms with Gasteiger partial charge in [-0.05, 0) is 11.2 Å². The normalized spacial score (nSPS) is 10.7. The third-order valence-electron chi connectivity index (χ3n) is 3.53. The summed E-state index contributed by atoms with van der Waals surface area (Å²) in [6.07, 6.45) is 0. The molecule has 0 aliphatic carbocycles. The van der Waals surface area contributed by atoms with Gasteiger partial charge in [-0.25, -0.2) is 0 Å². The van der Waals surface area contributed by atoms with E-state index in [-0.39, 0.29) is 23.8 Å². The quantitative estimate of drug-likeness (QED) is 0.451. The summed E-state index contributed by atoms with van der Waals surface area (Å²) in [5.74, 6) is -0.297. The number of aromatic nitrogens is 1. The highest BCUT2D eigenvalue weighted by molar-refractivity contribution is 5.95. The molecule has 7 nitrogen and oxygen atoms in total. The predicted octanol–water partition coefficient (Wildman–Crippen LogP) is 3.70. The van der Waals surface area contributed by atoms with Crippen molar-refractivity contribution in [1.29, 1.82) is 0 Å². The van der Waals surface area contributed by atoms with Crippen LogP contribution in [0.3, 0.4) is 0 Å². The van der Waals surface area contributed by atoms with Gasteiger partial charge in [-0.15, -0.1) is 4.91 Å². The van der Waals surface area contributed by atoms with E-state index in [0.717, 1.165) is 0 Å². The lowest BCUT2D eigenvalue weighted by Gasteiger charge is -2.07. The van der Waals surface area contributed by atoms with Crippen molar-refractivity contribution in [2.45, 2.75) is 6.54 Å². The van der Waals surface area contributed by atoms with Gasteiger partial charge in [0, 0.05) is 17.0 Å². The van der Waals surface area contributed by atoms with Crippen LogP contribution in [0.15, 0.2) is 53.7 Å². The molecule has 1 heterocycles. The maximum absolute atomic E-state index is 11.1. The minimum absolute atomic E-state index is 0.0414. The highest BCUT2D eigenvalue weighted by Crippen LogP contribution is 2.39. The number of nitro benzene ring substituents is 1. The molecular formula is C15H11N3O4. The number of nitroso groups, excluding NO2 is 1. The Kier molecular flexibility index (Phi) is 3.30. The summed E-state index contributed by atoms with van der Waals surface area (Å²) in [7, 11) is 0. The first kappa shape index (κ1) is 13.7. The maximum Gasteiger partial charge on any atom is 0.274 e. The largest absolute Gasteiger partial charge is 0.493 e. The molecule has 1 aromatic heterocycles. The minimum Gasteiger partial charge on any atom is -0.493 e. The topological polar surface area (TPSA) is 97.7 Å². The lowest BCUT2D eigenvalue weighted by atomic mass is 10.2. The fourth-order valence-electron chi connectivity index (χ4n) is 2.51. The molecule has 0 unspecified atom stereocenters. The Bertz CT molecular complexity index is 886. The summed E-state index contributed by atoms with van der Waals surface area (Å²) in [6, 6.07) is 13.1. The Hall–Kier alpha value is -3.22. The van der Waals surface area contributed by atoms with Crippen LogP contribution in [0.4, 0.5) is 11.4 Å². The molecule has 7 heteroatoms. The van der Waals surface area contributed by atoms with Crippen LogP contribution in [-0.2, 0) is 6.54 Å². The fraction of sp³-hybridized carbons (Fsp3) is 0.0667. The second-order valence-corrected chi connectivity index (χ2v) is 4.75. The Morgan fingerprint density at radius 2 is 1.82 bits per heavy atom. The van der Waals surface area contributed by atoms with Gasteiger partial charge in [0.2, 0.25) is 5.88 Å². The maximum atomic E-state index is 11.1. The smallest absolute Gasteiger partial charge is 0.274 e. The van der Waals surface area contributed by atoms with E-state index in [0.29, 0.717) is 16.5 Å². The summed E-state index contributed by atoms with van der Waals surface area (Å²) in [4.78, 5) is 21.6. The van der Waals surface area contributed by atoms with Gasteiger partial charge in [0.25, 0.3) is 5.69 Å². The lowest BCUT2D eigenvalue weighted by Crippen LogP contribution is -2.02. The average Bonchev–Trinajstić information content (AvgIpc) is 2.80. The Balaban J connectivity index is 2.18. The molecule has 1 N–H and O–H groups in total. The first-order valence-corrected chi connectivity index (χ1v) is 6.49. The SMILES string of the molecule is O=Nc1c(O)n(Cc2ccccc2[N+](=O)[O-])c2ccccc12. The van der Waals surface area contributed by atoms with E-state index in [1.54, 1.807) is 42.5 Å². The van der Waals surface area contributed by atoms with Crippen LogP contribution in [0.5, 0.6) is 5.88 Å². The van der Waals surface area contributed by atoms with Crippen LogP contribution < -0.4 is 0 Å². The molecule has 3 aromatic rings. The monoisotopic (exact) mass is 297 g/mol. The van der Waals surface area contributed by atoms with Gasteiger partial charge in [0.15, 0.2) is 5.69 Å². The van der Waals surface area contributed by atoms with Crippen molar-refractivity contribution >= 4 is 22.3 Å². The third kappa shape index (κ3) is 2.08. The molecule has 0 fully saturated rings. The van der Waals surface area contributed by atoms with Crippen LogP contribution in [0, 0.1) is 15.0 Å².